The zero-order valence-corrected chi connectivity index (χ0v) is 23.5. The third-order valence-corrected chi connectivity index (χ3v) is 8.20. The summed E-state index contributed by atoms with van der Waals surface area (Å²) in [4.78, 5) is 13.2. The molecule has 190 valence electrons. The van der Waals surface area contributed by atoms with Gasteiger partial charge in [0, 0.05) is 17.0 Å². The third-order valence-electron chi connectivity index (χ3n) is 7.39. The first-order valence-corrected chi connectivity index (χ1v) is 13.2. The number of ether oxygens (including phenoxy) is 1. The SMILES string of the molecule is CCC1=C(Cl)CC(NC(=O)C(CC)Oc2ccc(C(C)(C)CC)cc2C(C)(C)CC)C(O)=C1Cl. The van der Waals surface area contributed by atoms with E-state index in [9.17, 15) is 9.90 Å². The predicted molar refractivity (Wildman–Crippen MR) is 143 cm³/mol. The van der Waals surface area contributed by atoms with E-state index < -0.39 is 12.1 Å². The van der Waals surface area contributed by atoms with Crippen LogP contribution in [-0.2, 0) is 15.6 Å². The Kier molecular flexibility index (Phi) is 9.58. The zero-order valence-electron chi connectivity index (χ0n) is 21.9. The maximum atomic E-state index is 13.2. The molecule has 1 aromatic rings. The van der Waals surface area contributed by atoms with Gasteiger partial charge in [0.1, 0.15) is 11.5 Å². The van der Waals surface area contributed by atoms with Crippen LogP contribution in [0.15, 0.2) is 39.6 Å². The van der Waals surface area contributed by atoms with Crippen LogP contribution in [0.1, 0.15) is 98.6 Å². The average Bonchev–Trinajstić information content (AvgIpc) is 2.80. The van der Waals surface area contributed by atoms with E-state index in [1.165, 1.54) is 5.56 Å². The van der Waals surface area contributed by atoms with Crippen LogP contribution in [0.4, 0.5) is 0 Å². The fourth-order valence-corrected chi connectivity index (χ4v) is 4.82. The van der Waals surface area contributed by atoms with Crippen LogP contribution in [0.25, 0.3) is 0 Å². The van der Waals surface area contributed by atoms with Crippen molar-refractivity contribution in [2.24, 2.45) is 0 Å². The summed E-state index contributed by atoms with van der Waals surface area (Å²) in [6.45, 7) is 17.1. The van der Waals surface area contributed by atoms with E-state index in [4.69, 9.17) is 27.9 Å². The molecular weight excluding hydrogens is 469 g/mol. The minimum absolute atomic E-state index is 0.0485. The number of nitrogens with one attached hydrogen (secondary N) is 1. The van der Waals surface area contributed by atoms with Crippen molar-refractivity contribution in [3.8, 4) is 5.75 Å². The number of halogens is 2. The average molecular weight is 511 g/mol. The highest BCUT2D eigenvalue weighted by Gasteiger charge is 2.32. The Labute approximate surface area is 215 Å². The Balaban J connectivity index is 2.32. The first kappa shape index (κ1) is 28.6. The summed E-state index contributed by atoms with van der Waals surface area (Å²) in [5, 5.41) is 14.2. The highest BCUT2D eigenvalue weighted by atomic mass is 35.5. The number of carbonyl (C=O) groups excluding carboxylic acids is 1. The second-order valence-electron chi connectivity index (χ2n) is 10.4. The first-order valence-electron chi connectivity index (χ1n) is 12.4. The fourth-order valence-electron chi connectivity index (χ4n) is 4.01. The van der Waals surface area contributed by atoms with Gasteiger partial charge < -0.3 is 15.2 Å². The Morgan fingerprint density at radius 2 is 1.74 bits per heavy atom. The summed E-state index contributed by atoms with van der Waals surface area (Å²) < 4.78 is 6.33. The number of hydrogen-bond donors (Lipinski definition) is 2. The van der Waals surface area contributed by atoms with E-state index in [0.29, 0.717) is 24.3 Å². The predicted octanol–water partition coefficient (Wildman–Crippen LogP) is 8.02. The second-order valence-corrected chi connectivity index (χ2v) is 11.2. The molecule has 1 aliphatic carbocycles. The molecule has 4 nitrogen and oxygen atoms in total. The van der Waals surface area contributed by atoms with E-state index in [1.54, 1.807) is 0 Å². The van der Waals surface area contributed by atoms with Gasteiger partial charge in [0.15, 0.2) is 6.10 Å². The van der Waals surface area contributed by atoms with Crippen molar-refractivity contribution >= 4 is 29.1 Å². The molecule has 0 bridgehead atoms. The lowest BCUT2D eigenvalue weighted by atomic mass is 9.76. The van der Waals surface area contributed by atoms with Gasteiger partial charge in [0.2, 0.25) is 0 Å². The van der Waals surface area contributed by atoms with Crippen molar-refractivity contribution < 1.29 is 14.6 Å². The molecule has 6 heteroatoms. The van der Waals surface area contributed by atoms with Gasteiger partial charge in [-0.2, -0.15) is 0 Å². The maximum absolute atomic E-state index is 13.2. The van der Waals surface area contributed by atoms with E-state index in [2.05, 4.69) is 59.0 Å². The van der Waals surface area contributed by atoms with Gasteiger partial charge in [-0.15, -0.1) is 0 Å². The Hall–Kier alpha value is -1.65. The molecule has 0 aromatic heterocycles. The molecule has 1 aromatic carbocycles. The molecule has 0 saturated heterocycles. The Morgan fingerprint density at radius 1 is 1.12 bits per heavy atom. The summed E-state index contributed by atoms with van der Waals surface area (Å²) in [7, 11) is 0. The number of hydrogen-bond acceptors (Lipinski definition) is 3. The molecule has 2 N–H and O–H groups in total. The topological polar surface area (TPSA) is 58.6 Å². The zero-order chi connectivity index (χ0) is 25.8. The van der Waals surface area contributed by atoms with Crippen LogP contribution in [-0.4, -0.2) is 23.2 Å². The molecule has 34 heavy (non-hydrogen) atoms. The van der Waals surface area contributed by atoms with E-state index in [0.717, 1.165) is 29.7 Å². The lowest BCUT2D eigenvalue weighted by molar-refractivity contribution is -0.128. The van der Waals surface area contributed by atoms with Gasteiger partial charge in [-0.25, -0.2) is 0 Å². The molecule has 0 radical (unpaired) electrons. The Bertz CT molecular complexity index is 962. The van der Waals surface area contributed by atoms with Crippen molar-refractivity contribution in [1.29, 1.82) is 0 Å². The standard InChI is InChI=1S/C28H41Cl2NO3/c1-9-18-20(29)16-21(25(32)24(18)30)31-26(33)22(10-2)34-23-14-13-17(27(5,6)11-3)15-19(23)28(7,8)12-4/h13-15,21-22,32H,9-12,16H2,1-8H3,(H,31,33). The van der Waals surface area contributed by atoms with Gasteiger partial charge >= 0.3 is 0 Å². The summed E-state index contributed by atoms with van der Waals surface area (Å²) >= 11 is 12.7. The van der Waals surface area contributed by atoms with Gasteiger partial charge in [-0.3, -0.25) is 4.79 Å². The molecule has 0 aliphatic heterocycles. The van der Waals surface area contributed by atoms with Gasteiger partial charge in [-0.1, -0.05) is 90.7 Å². The van der Waals surface area contributed by atoms with Crippen molar-refractivity contribution in [1.82, 2.24) is 5.32 Å². The molecule has 2 rings (SSSR count). The number of carbonyl (C=O) groups is 1. The second kappa shape index (κ2) is 11.4. The molecule has 0 heterocycles. The lowest BCUT2D eigenvalue weighted by Crippen LogP contribution is -2.45. The summed E-state index contributed by atoms with van der Waals surface area (Å²) in [6.07, 6.45) is 2.66. The van der Waals surface area contributed by atoms with Crippen LogP contribution in [0.5, 0.6) is 5.75 Å². The molecule has 2 unspecified atom stereocenters. The van der Waals surface area contributed by atoms with Gasteiger partial charge in [-0.05, 0) is 53.7 Å². The largest absolute Gasteiger partial charge is 0.509 e. The number of rotatable bonds is 10. The monoisotopic (exact) mass is 509 g/mol. The van der Waals surface area contributed by atoms with Crippen LogP contribution in [0, 0.1) is 0 Å². The number of benzene rings is 1. The molecule has 2 atom stereocenters. The van der Waals surface area contributed by atoms with Crippen LogP contribution in [0.2, 0.25) is 0 Å². The molecule has 0 fully saturated rings. The molecule has 1 aliphatic rings. The summed E-state index contributed by atoms with van der Waals surface area (Å²) in [6, 6.07) is 5.67. The van der Waals surface area contributed by atoms with Crippen molar-refractivity contribution in [3.05, 3.63) is 50.7 Å². The molecular formula is C28H41Cl2NO3. The number of allylic oxidation sites excluding steroid dienone is 2. The molecule has 1 amide bonds. The molecule has 0 spiro atoms. The van der Waals surface area contributed by atoms with Gasteiger partial charge in [0.05, 0.1) is 11.1 Å². The molecule has 0 saturated carbocycles. The number of aliphatic hydroxyl groups excluding tert-OH is 1. The number of amides is 1. The highest BCUT2D eigenvalue weighted by molar-refractivity contribution is 6.36. The maximum Gasteiger partial charge on any atom is 0.261 e. The minimum atomic E-state index is -0.710. The quantitative estimate of drug-likeness (QED) is 0.335. The van der Waals surface area contributed by atoms with Gasteiger partial charge in [0.25, 0.3) is 5.91 Å². The lowest BCUT2D eigenvalue weighted by Gasteiger charge is -2.32. The fraction of sp³-hybridized carbons (Fsp3) is 0.607. The number of aliphatic hydroxyl groups is 1. The minimum Gasteiger partial charge on any atom is -0.509 e. The smallest absolute Gasteiger partial charge is 0.261 e. The summed E-state index contributed by atoms with van der Waals surface area (Å²) in [5.74, 6) is 0.369. The van der Waals surface area contributed by atoms with E-state index >= 15 is 0 Å². The highest BCUT2D eigenvalue weighted by Crippen LogP contribution is 2.39. The summed E-state index contributed by atoms with van der Waals surface area (Å²) in [5.41, 5.74) is 3.01. The van der Waals surface area contributed by atoms with Crippen LogP contribution < -0.4 is 10.1 Å². The van der Waals surface area contributed by atoms with E-state index in [-0.39, 0.29) is 27.5 Å². The Morgan fingerprint density at radius 3 is 2.26 bits per heavy atom. The van der Waals surface area contributed by atoms with Crippen LogP contribution >= 0.6 is 23.2 Å². The van der Waals surface area contributed by atoms with Crippen molar-refractivity contribution in [3.63, 3.8) is 0 Å². The first-order chi connectivity index (χ1) is 15.8. The van der Waals surface area contributed by atoms with Crippen molar-refractivity contribution in [2.75, 3.05) is 0 Å². The van der Waals surface area contributed by atoms with Crippen molar-refractivity contribution in [2.45, 2.75) is 110 Å². The van der Waals surface area contributed by atoms with Crippen LogP contribution in [0.3, 0.4) is 0 Å². The van der Waals surface area contributed by atoms with E-state index in [1.807, 2.05) is 19.9 Å². The normalized spacial score (nSPS) is 18.2. The third kappa shape index (κ3) is 6.12.